The van der Waals surface area contributed by atoms with Gasteiger partial charge in [-0.15, -0.1) is 0 Å². The van der Waals surface area contributed by atoms with Gasteiger partial charge in [0.25, 0.3) is 0 Å². The van der Waals surface area contributed by atoms with Gasteiger partial charge in [-0.2, -0.15) is 0 Å². The van der Waals surface area contributed by atoms with E-state index in [9.17, 15) is 26.3 Å². The van der Waals surface area contributed by atoms with Gasteiger partial charge in [-0.05, 0) is 0 Å². The molecule has 1 aliphatic heterocycles. The molecule has 5 rings (SSSR count). The van der Waals surface area contributed by atoms with Gasteiger partial charge in [0.1, 0.15) is 0 Å². The Morgan fingerprint density at radius 1 is 0.529 bits per heavy atom. The van der Waals surface area contributed by atoms with Crippen LogP contribution in [0.1, 0.15) is 41.5 Å². The fraction of sp³-hybridized carbons (Fsp3) is 0.185. The molecule has 2 aliphatic rings. The van der Waals surface area contributed by atoms with E-state index in [0.717, 1.165) is 67.7 Å². The molecule has 0 radical (unpaired) electrons. The van der Waals surface area contributed by atoms with Crippen LogP contribution < -0.4 is 4.35 Å². The van der Waals surface area contributed by atoms with Crippen molar-refractivity contribution < 1.29 is 26.3 Å². The minimum absolute atomic E-state index is 0.693. The second-order valence-electron chi connectivity index (χ2n) is 8.33. The molecule has 7 heteroatoms. The molecule has 0 nitrogen and oxygen atoms in total. The summed E-state index contributed by atoms with van der Waals surface area (Å²) in [6.07, 6.45) is -6.24. The molecule has 34 heavy (non-hydrogen) atoms. The molecule has 174 valence electrons. The van der Waals surface area contributed by atoms with Crippen molar-refractivity contribution in [3.8, 4) is 0 Å². The Kier molecular flexibility index (Phi) is 5.76. The Hall–Kier alpha value is -2.72. The van der Waals surface area contributed by atoms with Gasteiger partial charge in [-0.1, -0.05) is 0 Å². The van der Waals surface area contributed by atoms with Crippen LogP contribution in [0.5, 0.6) is 0 Å². The third-order valence-electron chi connectivity index (χ3n) is 6.22. The molecule has 0 unspecified atom stereocenters. The zero-order chi connectivity index (χ0) is 24.1. The molecule has 3 aromatic carbocycles. The van der Waals surface area contributed by atoms with Crippen LogP contribution in [0.2, 0.25) is 0 Å². The Balaban J connectivity index is 1.66. The topological polar surface area (TPSA) is 0 Å². The van der Waals surface area contributed by atoms with Crippen LogP contribution in [0.3, 0.4) is 0 Å². The van der Waals surface area contributed by atoms with Crippen LogP contribution in [0.25, 0.3) is 8.72 Å². The molecule has 0 amide bonds. The molecule has 1 saturated carbocycles. The summed E-state index contributed by atoms with van der Waals surface area (Å²) >= 11 is -2.22. The van der Waals surface area contributed by atoms with Crippen LogP contribution >= 0.6 is 0 Å². The third kappa shape index (κ3) is 4.13. The van der Waals surface area contributed by atoms with Crippen LogP contribution in [0, 0.1) is 0 Å². The molecule has 1 heterocycles. The van der Waals surface area contributed by atoms with Gasteiger partial charge < -0.3 is 0 Å². The molecule has 1 aliphatic carbocycles. The van der Waals surface area contributed by atoms with Gasteiger partial charge in [-0.25, -0.2) is 0 Å². The van der Waals surface area contributed by atoms with Crippen LogP contribution in [-0.2, 0) is 12.4 Å². The zero-order valence-electron chi connectivity index (χ0n) is 17.8. The van der Waals surface area contributed by atoms with Crippen molar-refractivity contribution in [3.05, 3.63) is 112 Å². The maximum atomic E-state index is 13.2. The van der Waals surface area contributed by atoms with Gasteiger partial charge in [0.05, 0.1) is 0 Å². The van der Waals surface area contributed by atoms with Crippen molar-refractivity contribution in [3.63, 3.8) is 0 Å². The summed E-state index contributed by atoms with van der Waals surface area (Å²) in [6.45, 7) is 0. The average Bonchev–Trinajstić information content (AvgIpc) is 3.39. The first-order valence-corrected chi connectivity index (χ1v) is 13.6. The second-order valence-corrected chi connectivity index (χ2v) is 12.7. The molecule has 0 aromatic heterocycles. The Labute approximate surface area is 197 Å². The molecule has 0 saturated heterocycles. The molecule has 3 aromatic rings. The van der Waals surface area contributed by atoms with Crippen molar-refractivity contribution in [1.29, 1.82) is 0 Å². The molecule has 0 bridgehead atoms. The Morgan fingerprint density at radius 2 is 0.941 bits per heavy atom. The SMILES string of the molecule is FC(F)(F)c1ccc(C2=C3CCCC3=C(c3ccc(C(F)(F)F)cc3)[As]2c2ccccc2)cc1. The summed E-state index contributed by atoms with van der Waals surface area (Å²) in [4.78, 5) is 0. The second kappa shape index (κ2) is 8.49. The fourth-order valence-corrected chi connectivity index (χ4v) is 11.1. The number of alkyl halides is 6. The van der Waals surface area contributed by atoms with E-state index in [2.05, 4.69) is 0 Å². The quantitative estimate of drug-likeness (QED) is 0.241. The van der Waals surface area contributed by atoms with Gasteiger partial charge in [0, 0.05) is 0 Å². The number of hydrogen-bond acceptors (Lipinski definition) is 0. The predicted molar refractivity (Wildman–Crippen MR) is 122 cm³/mol. The van der Waals surface area contributed by atoms with E-state index in [1.807, 2.05) is 30.3 Å². The van der Waals surface area contributed by atoms with Gasteiger partial charge in [-0.3, -0.25) is 0 Å². The van der Waals surface area contributed by atoms with E-state index in [1.54, 1.807) is 24.3 Å². The average molecular weight is 532 g/mol. The van der Waals surface area contributed by atoms with E-state index < -0.39 is 38.1 Å². The number of allylic oxidation sites excluding steroid dienone is 2. The molecule has 0 atom stereocenters. The first-order chi connectivity index (χ1) is 16.1. The number of hydrogen-bond donors (Lipinski definition) is 0. The number of halogens is 6. The first kappa shape index (κ1) is 23.0. The minimum atomic E-state index is -4.41. The standard InChI is InChI=1S/C27H19AsF6/c29-26(30,31)19-13-9-17(10-14-19)24-22-7-4-8-23(22)25(28(24)21-5-2-1-3-6-21)18-11-15-20(16-12-18)27(32,33)34/h1-3,5-6,9-16H,4,7-8H2. The molecule has 0 spiro atoms. The van der Waals surface area contributed by atoms with Gasteiger partial charge >= 0.3 is 198 Å². The van der Waals surface area contributed by atoms with E-state index in [-0.39, 0.29) is 0 Å². The molecular weight excluding hydrogens is 513 g/mol. The predicted octanol–water partition coefficient (Wildman–Crippen LogP) is 7.61. The maximum absolute atomic E-state index is 13.2. The number of benzene rings is 3. The van der Waals surface area contributed by atoms with E-state index in [4.69, 9.17) is 0 Å². The van der Waals surface area contributed by atoms with Crippen molar-refractivity contribution in [2.45, 2.75) is 31.6 Å². The summed E-state index contributed by atoms with van der Waals surface area (Å²) in [5.74, 6) is 0. The molecular formula is C27H19AsF6. The van der Waals surface area contributed by atoms with Crippen LogP contribution in [0.4, 0.5) is 26.3 Å². The summed E-state index contributed by atoms with van der Waals surface area (Å²) in [6, 6.07) is 20.5. The van der Waals surface area contributed by atoms with Crippen molar-refractivity contribution >= 4 is 27.7 Å². The number of rotatable bonds is 3. The van der Waals surface area contributed by atoms with Gasteiger partial charge in [0.15, 0.2) is 0 Å². The van der Waals surface area contributed by atoms with Crippen molar-refractivity contribution in [2.75, 3.05) is 0 Å². The monoisotopic (exact) mass is 532 g/mol. The summed E-state index contributed by atoms with van der Waals surface area (Å²) < 4.78 is 82.3. The van der Waals surface area contributed by atoms with E-state index in [0.29, 0.717) is 0 Å². The third-order valence-corrected chi connectivity index (χ3v) is 12.0. The van der Waals surface area contributed by atoms with Gasteiger partial charge in [0.2, 0.25) is 0 Å². The molecule has 1 fully saturated rings. The summed E-state index contributed by atoms with van der Waals surface area (Å²) in [5.41, 5.74) is 2.49. The van der Waals surface area contributed by atoms with Crippen LogP contribution in [-0.4, -0.2) is 14.7 Å². The van der Waals surface area contributed by atoms with Crippen molar-refractivity contribution in [2.24, 2.45) is 0 Å². The zero-order valence-corrected chi connectivity index (χ0v) is 19.7. The van der Waals surface area contributed by atoms with E-state index >= 15 is 0 Å². The van der Waals surface area contributed by atoms with E-state index in [1.165, 1.54) is 11.1 Å². The summed E-state index contributed by atoms with van der Waals surface area (Å²) in [7, 11) is 0. The van der Waals surface area contributed by atoms with Crippen LogP contribution in [0.15, 0.2) is 90.0 Å². The number of fused-ring (bicyclic) bond motifs is 1. The van der Waals surface area contributed by atoms with Crippen molar-refractivity contribution in [1.82, 2.24) is 0 Å². The summed E-state index contributed by atoms with van der Waals surface area (Å²) in [5, 5.41) is 0. The Morgan fingerprint density at radius 3 is 1.32 bits per heavy atom. The normalized spacial score (nSPS) is 17.0. The molecule has 0 N–H and O–H groups in total. The Bertz CT molecular complexity index is 1180. The fourth-order valence-electron chi connectivity index (χ4n) is 4.72. The first-order valence-electron chi connectivity index (χ1n) is 10.8.